The molecule has 0 fully saturated rings. The number of thioether (sulfide) groups is 1. The SMILES string of the molecule is CCCCSc1cccc(C=NNc2ccccc2)c1. The van der Waals surface area contributed by atoms with Crippen molar-refractivity contribution in [3.63, 3.8) is 0 Å². The predicted molar refractivity (Wildman–Crippen MR) is 89.7 cm³/mol. The van der Waals surface area contributed by atoms with Gasteiger partial charge in [0, 0.05) is 4.90 Å². The minimum absolute atomic E-state index is 0.997. The van der Waals surface area contributed by atoms with Crippen LogP contribution in [0.5, 0.6) is 0 Å². The van der Waals surface area contributed by atoms with E-state index >= 15 is 0 Å². The normalized spacial score (nSPS) is 10.8. The summed E-state index contributed by atoms with van der Waals surface area (Å²) in [5.74, 6) is 1.18. The van der Waals surface area contributed by atoms with Crippen LogP contribution >= 0.6 is 11.8 Å². The van der Waals surface area contributed by atoms with Crippen LogP contribution < -0.4 is 5.43 Å². The van der Waals surface area contributed by atoms with Crippen molar-refractivity contribution >= 4 is 23.7 Å². The maximum atomic E-state index is 4.27. The van der Waals surface area contributed by atoms with Gasteiger partial charge in [-0.2, -0.15) is 5.10 Å². The van der Waals surface area contributed by atoms with E-state index in [0.717, 1.165) is 11.3 Å². The largest absolute Gasteiger partial charge is 0.279 e. The molecule has 0 atom stereocenters. The number of benzene rings is 2. The van der Waals surface area contributed by atoms with Gasteiger partial charge in [-0.3, -0.25) is 5.43 Å². The van der Waals surface area contributed by atoms with Crippen LogP contribution in [-0.4, -0.2) is 12.0 Å². The smallest absolute Gasteiger partial charge is 0.0561 e. The molecule has 0 aliphatic rings. The van der Waals surface area contributed by atoms with E-state index in [9.17, 15) is 0 Å². The maximum absolute atomic E-state index is 4.27. The molecule has 0 bridgehead atoms. The van der Waals surface area contributed by atoms with E-state index in [1.165, 1.54) is 23.5 Å². The van der Waals surface area contributed by atoms with Gasteiger partial charge in [0.1, 0.15) is 0 Å². The van der Waals surface area contributed by atoms with Gasteiger partial charge in [0.2, 0.25) is 0 Å². The van der Waals surface area contributed by atoms with Gasteiger partial charge in [0.25, 0.3) is 0 Å². The molecule has 3 heteroatoms. The molecule has 20 heavy (non-hydrogen) atoms. The molecule has 1 N–H and O–H groups in total. The summed E-state index contributed by atoms with van der Waals surface area (Å²) in [5.41, 5.74) is 5.15. The zero-order valence-electron chi connectivity index (χ0n) is 11.8. The molecule has 2 aromatic carbocycles. The fourth-order valence-corrected chi connectivity index (χ4v) is 2.78. The Hall–Kier alpha value is -1.74. The molecule has 0 heterocycles. The highest BCUT2D eigenvalue weighted by molar-refractivity contribution is 7.99. The van der Waals surface area contributed by atoms with Gasteiger partial charge >= 0.3 is 0 Å². The van der Waals surface area contributed by atoms with Crippen LogP contribution in [0, 0.1) is 0 Å². The van der Waals surface area contributed by atoms with Gasteiger partial charge in [-0.15, -0.1) is 11.8 Å². The van der Waals surface area contributed by atoms with Crippen LogP contribution in [0.25, 0.3) is 0 Å². The van der Waals surface area contributed by atoms with E-state index in [4.69, 9.17) is 0 Å². The Balaban J connectivity index is 1.90. The average molecular weight is 284 g/mol. The van der Waals surface area contributed by atoms with Gasteiger partial charge in [0.15, 0.2) is 0 Å². The number of para-hydroxylation sites is 1. The van der Waals surface area contributed by atoms with Crippen LogP contribution in [0.1, 0.15) is 25.3 Å². The van der Waals surface area contributed by atoms with Crippen molar-refractivity contribution in [1.29, 1.82) is 0 Å². The Kier molecular flexibility index (Phi) is 6.18. The molecule has 2 aromatic rings. The molecule has 0 aliphatic carbocycles. The van der Waals surface area contributed by atoms with Crippen molar-refractivity contribution in [3.8, 4) is 0 Å². The summed E-state index contributed by atoms with van der Waals surface area (Å²) in [6.07, 6.45) is 4.37. The van der Waals surface area contributed by atoms with Crippen molar-refractivity contribution in [3.05, 3.63) is 60.2 Å². The standard InChI is InChI=1S/C17H20N2S/c1-2-3-12-20-17-11-7-8-15(13-17)14-18-19-16-9-5-4-6-10-16/h4-11,13-14,19H,2-3,12H2,1H3. The average Bonchev–Trinajstić information content (AvgIpc) is 2.49. The molecule has 0 amide bonds. The third-order valence-electron chi connectivity index (χ3n) is 2.81. The Bertz CT molecular complexity index is 538. The molecular formula is C17H20N2S. The van der Waals surface area contributed by atoms with Crippen LogP contribution in [0.3, 0.4) is 0 Å². The highest BCUT2D eigenvalue weighted by Crippen LogP contribution is 2.19. The van der Waals surface area contributed by atoms with Gasteiger partial charge < -0.3 is 0 Å². The lowest BCUT2D eigenvalue weighted by atomic mass is 10.2. The molecule has 104 valence electrons. The molecule has 0 unspecified atom stereocenters. The van der Waals surface area contributed by atoms with E-state index in [1.807, 2.05) is 48.3 Å². The second-order valence-corrected chi connectivity index (χ2v) is 5.68. The summed E-state index contributed by atoms with van der Waals surface area (Å²) in [6, 6.07) is 18.4. The number of unbranched alkanes of at least 4 members (excludes halogenated alkanes) is 1. The minimum Gasteiger partial charge on any atom is -0.279 e. The molecule has 0 spiro atoms. The third kappa shape index (κ3) is 5.10. The van der Waals surface area contributed by atoms with Gasteiger partial charge in [-0.1, -0.05) is 43.7 Å². The molecule has 0 aliphatic heterocycles. The topological polar surface area (TPSA) is 24.4 Å². The first-order valence-electron chi connectivity index (χ1n) is 6.95. The van der Waals surface area contributed by atoms with E-state index in [-0.39, 0.29) is 0 Å². The number of anilines is 1. The number of hydrogen-bond donors (Lipinski definition) is 1. The molecular weight excluding hydrogens is 264 g/mol. The maximum Gasteiger partial charge on any atom is 0.0561 e. The van der Waals surface area contributed by atoms with Crippen molar-refractivity contribution in [2.45, 2.75) is 24.7 Å². The predicted octanol–water partition coefficient (Wildman–Crippen LogP) is 5.02. The lowest BCUT2D eigenvalue weighted by Crippen LogP contribution is -1.90. The van der Waals surface area contributed by atoms with E-state index in [1.54, 1.807) is 0 Å². The number of nitrogens with one attached hydrogen (secondary N) is 1. The number of rotatable bonds is 7. The third-order valence-corrected chi connectivity index (χ3v) is 3.89. The van der Waals surface area contributed by atoms with Crippen LogP contribution in [0.4, 0.5) is 5.69 Å². The first kappa shape index (κ1) is 14.7. The number of nitrogens with zero attached hydrogens (tertiary/aromatic N) is 1. The summed E-state index contributed by atoms with van der Waals surface area (Å²) in [6.45, 7) is 2.22. The zero-order valence-corrected chi connectivity index (χ0v) is 12.6. The molecule has 2 nitrogen and oxygen atoms in total. The van der Waals surface area contributed by atoms with Gasteiger partial charge in [-0.05, 0) is 42.0 Å². The number of hydrazone groups is 1. The Labute approximate surface area is 125 Å². The van der Waals surface area contributed by atoms with Crippen molar-refractivity contribution < 1.29 is 0 Å². The monoisotopic (exact) mass is 284 g/mol. The second kappa shape index (κ2) is 8.43. The fraction of sp³-hybridized carbons (Fsp3) is 0.235. The summed E-state index contributed by atoms with van der Waals surface area (Å²) in [5, 5.41) is 4.27. The lowest BCUT2D eigenvalue weighted by Gasteiger charge is -2.02. The Morgan fingerprint density at radius 1 is 1.10 bits per heavy atom. The molecule has 0 aromatic heterocycles. The Morgan fingerprint density at radius 3 is 2.75 bits per heavy atom. The van der Waals surface area contributed by atoms with Crippen molar-refractivity contribution in [1.82, 2.24) is 0 Å². The lowest BCUT2D eigenvalue weighted by molar-refractivity contribution is 0.896. The first-order chi connectivity index (χ1) is 9.88. The van der Waals surface area contributed by atoms with E-state index in [2.05, 4.69) is 41.7 Å². The molecule has 0 radical (unpaired) electrons. The summed E-state index contributed by atoms with van der Waals surface area (Å²) >= 11 is 1.91. The molecule has 0 saturated carbocycles. The summed E-state index contributed by atoms with van der Waals surface area (Å²) in [4.78, 5) is 1.31. The van der Waals surface area contributed by atoms with Gasteiger partial charge in [0.05, 0.1) is 11.9 Å². The van der Waals surface area contributed by atoms with E-state index in [0.29, 0.717) is 0 Å². The second-order valence-electron chi connectivity index (χ2n) is 4.51. The minimum atomic E-state index is 0.997. The summed E-state index contributed by atoms with van der Waals surface area (Å²) < 4.78 is 0. The van der Waals surface area contributed by atoms with Crippen LogP contribution in [0.15, 0.2) is 64.6 Å². The highest BCUT2D eigenvalue weighted by atomic mass is 32.2. The summed E-state index contributed by atoms with van der Waals surface area (Å²) in [7, 11) is 0. The first-order valence-corrected chi connectivity index (χ1v) is 7.94. The molecule has 2 rings (SSSR count). The molecule has 0 saturated heterocycles. The van der Waals surface area contributed by atoms with E-state index < -0.39 is 0 Å². The van der Waals surface area contributed by atoms with Crippen LogP contribution in [-0.2, 0) is 0 Å². The van der Waals surface area contributed by atoms with Crippen molar-refractivity contribution in [2.75, 3.05) is 11.2 Å². The highest BCUT2D eigenvalue weighted by Gasteiger charge is 1.95. The zero-order chi connectivity index (χ0) is 14.0. The van der Waals surface area contributed by atoms with Crippen LogP contribution in [0.2, 0.25) is 0 Å². The fourth-order valence-electron chi connectivity index (χ4n) is 1.71. The number of hydrogen-bond acceptors (Lipinski definition) is 3. The van der Waals surface area contributed by atoms with Crippen molar-refractivity contribution in [2.24, 2.45) is 5.10 Å². The van der Waals surface area contributed by atoms with Gasteiger partial charge in [-0.25, -0.2) is 0 Å². The Morgan fingerprint density at radius 2 is 1.95 bits per heavy atom. The quantitative estimate of drug-likeness (QED) is 0.334.